The van der Waals surface area contributed by atoms with Gasteiger partial charge in [-0.25, -0.2) is 4.39 Å². The van der Waals surface area contributed by atoms with E-state index in [4.69, 9.17) is 18.7 Å². The number of halogens is 1. The first-order chi connectivity index (χ1) is 5.20. The fourth-order valence-electron chi connectivity index (χ4n) is 1.03. The summed E-state index contributed by atoms with van der Waals surface area (Å²) in [6.45, 7) is -0.0212. The SMILES string of the molecule is [2H]C[C@H]1O[C@@H]([B])[C@@H](F)C1OC. The molecule has 0 aliphatic carbocycles. The minimum Gasteiger partial charge on any atom is -0.379 e. The molecule has 0 aromatic rings. The van der Waals surface area contributed by atoms with Gasteiger partial charge in [0, 0.05) is 8.48 Å². The highest BCUT2D eigenvalue weighted by atomic mass is 19.1. The maximum atomic E-state index is 13.0. The lowest BCUT2D eigenvalue weighted by Gasteiger charge is -2.12. The molecule has 1 heterocycles. The van der Waals surface area contributed by atoms with E-state index in [1.165, 1.54) is 7.11 Å². The molecule has 2 radical (unpaired) electrons. The van der Waals surface area contributed by atoms with Crippen molar-refractivity contribution < 1.29 is 15.2 Å². The summed E-state index contributed by atoms with van der Waals surface area (Å²) in [5.41, 5.74) is 0. The van der Waals surface area contributed by atoms with Crippen LogP contribution in [0.15, 0.2) is 0 Å². The lowest BCUT2D eigenvalue weighted by atomic mass is 9.94. The number of ether oxygens (including phenoxy) is 2. The molecule has 0 spiro atoms. The van der Waals surface area contributed by atoms with Gasteiger partial charge in [-0.1, -0.05) is 0 Å². The molecule has 0 aromatic carbocycles. The van der Waals surface area contributed by atoms with Crippen molar-refractivity contribution >= 4 is 7.85 Å². The third-order valence-corrected chi connectivity index (χ3v) is 1.60. The maximum Gasteiger partial charge on any atom is 0.146 e. The van der Waals surface area contributed by atoms with Crippen molar-refractivity contribution in [3.05, 3.63) is 0 Å². The minimum atomic E-state index is -1.31. The van der Waals surface area contributed by atoms with E-state index in [0.29, 0.717) is 0 Å². The Kier molecular flexibility index (Phi) is 1.91. The van der Waals surface area contributed by atoms with Gasteiger partial charge in [-0.3, -0.25) is 0 Å². The average Bonchev–Trinajstić information content (AvgIpc) is 2.28. The molecule has 0 amide bonds. The Morgan fingerprint density at radius 1 is 1.80 bits per heavy atom. The topological polar surface area (TPSA) is 18.5 Å². The van der Waals surface area contributed by atoms with Crippen LogP contribution in [0.2, 0.25) is 0 Å². The molecule has 0 N–H and O–H groups in total. The summed E-state index contributed by atoms with van der Waals surface area (Å²) >= 11 is 0. The molecule has 1 rings (SSSR count). The molecule has 4 atom stereocenters. The Bertz CT molecular complexity index is 138. The Morgan fingerprint density at radius 2 is 2.50 bits per heavy atom. The van der Waals surface area contributed by atoms with Crippen LogP contribution in [0.25, 0.3) is 0 Å². The summed E-state index contributed by atoms with van der Waals surface area (Å²) in [6, 6.07) is -0.935. The standard InChI is InChI=1S/C6H10BFO2/c1-3-5(9-2)4(8)6(7)10-3/h3-6H,1-2H3/t3-,4+,5?,6-/m1/s1/i1D. The third-order valence-electron chi connectivity index (χ3n) is 1.60. The first-order valence-electron chi connectivity index (χ1n) is 3.78. The van der Waals surface area contributed by atoms with Crippen molar-refractivity contribution in [3.8, 4) is 0 Å². The van der Waals surface area contributed by atoms with Crippen LogP contribution in [-0.4, -0.2) is 39.3 Å². The molecule has 56 valence electrons. The van der Waals surface area contributed by atoms with E-state index in [-0.39, 0.29) is 6.90 Å². The number of alkyl halides is 1. The first-order valence-corrected chi connectivity index (χ1v) is 3.08. The zero-order valence-electron chi connectivity index (χ0n) is 6.79. The molecule has 1 aliphatic rings. The molecule has 1 fully saturated rings. The second-order valence-electron chi connectivity index (χ2n) is 2.28. The van der Waals surface area contributed by atoms with E-state index < -0.39 is 24.4 Å². The molecular weight excluding hydrogens is 134 g/mol. The molecule has 0 bridgehead atoms. The van der Waals surface area contributed by atoms with Crippen LogP contribution in [-0.2, 0) is 9.47 Å². The predicted molar refractivity (Wildman–Crippen MR) is 35.8 cm³/mol. The normalized spacial score (nSPS) is 49.2. The van der Waals surface area contributed by atoms with E-state index in [1.807, 2.05) is 0 Å². The van der Waals surface area contributed by atoms with Crippen molar-refractivity contribution in [2.45, 2.75) is 31.3 Å². The van der Waals surface area contributed by atoms with E-state index in [2.05, 4.69) is 0 Å². The van der Waals surface area contributed by atoms with E-state index in [0.717, 1.165) is 0 Å². The van der Waals surface area contributed by atoms with Gasteiger partial charge in [-0.2, -0.15) is 0 Å². The van der Waals surface area contributed by atoms with Crippen molar-refractivity contribution in [1.29, 1.82) is 0 Å². The molecule has 0 aromatic heterocycles. The van der Waals surface area contributed by atoms with Gasteiger partial charge in [0.1, 0.15) is 20.1 Å². The summed E-state index contributed by atoms with van der Waals surface area (Å²) in [4.78, 5) is 0. The average molecular weight is 145 g/mol. The molecule has 4 heteroatoms. The van der Waals surface area contributed by atoms with Crippen LogP contribution in [0.1, 0.15) is 8.27 Å². The molecule has 0 saturated carbocycles. The van der Waals surface area contributed by atoms with Gasteiger partial charge < -0.3 is 9.47 Å². The zero-order valence-corrected chi connectivity index (χ0v) is 5.79. The zero-order chi connectivity index (χ0) is 8.43. The second-order valence-corrected chi connectivity index (χ2v) is 2.28. The van der Waals surface area contributed by atoms with Crippen LogP contribution in [0, 0.1) is 0 Å². The highest BCUT2D eigenvalue weighted by Crippen LogP contribution is 2.23. The minimum absolute atomic E-state index is 0.0212. The summed E-state index contributed by atoms with van der Waals surface area (Å²) < 4.78 is 29.7. The maximum absolute atomic E-state index is 13.0. The molecule has 1 aliphatic heterocycles. The summed E-state index contributed by atoms with van der Waals surface area (Å²) in [6.07, 6.45) is -2.51. The van der Waals surface area contributed by atoms with Gasteiger partial charge in [-0.15, -0.1) is 0 Å². The van der Waals surface area contributed by atoms with E-state index in [1.54, 1.807) is 0 Å². The monoisotopic (exact) mass is 145 g/mol. The van der Waals surface area contributed by atoms with Crippen LogP contribution in [0.3, 0.4) is 0 Å². The van der Waals surface area contributed by atoms with Gasteiger partial charge in [0.25, 0.3) is 0 Å². The largest absolute Gasteiger partial charge is 0.379 e. The quantitative estimate of drug-likeness (QED) is 0.492. The lowest BCUT2D eigenvalue weighted by molar-refractivity contribution is 0.0126. The molecule has 1 saturated heterocycles. The van der Waals surface area contributed by atoms with Crippen LogP contribution >= 0.6 is 0 Å². The van der Waals surface area contributed by atoms with Gasteiger partial charge in [0.05, 0.1) is 12.1 Å². The van der Waals surface area contributed by atoms with E-state index in [9.17, 15) is 4.39 Å². The highest BCUT2D eigenvalue weighted by molar-refractivity contribution is 6.11. The smallest absolute Gasteiger partial charge is 0.146 e. The Labute approximate surface area is 62.5 Å². The van der Waals surface area contributed by atoms with Crippen LogP contribution < -0.4 is 0 Å². The van der Waals surface area contributed by atoms with Crippen molar-refractivity contribution in [3.63, 3.8) is 0 Å². The molecule has 2 nitrogen and oxygen atoms in total. The number of rotatable bonds is 1. The summed E-state index contributed by atoms with van der Waals surface area (Å²) in [7, 11) is 6.64. The van der Waals surface area contributed by atoms with Gasteiger partial charge >= 0.3 is 0 Å². The predicted octanol–water partition coefficient (Wildman–Crippen LogP) is 0.253. The van der Waals surface area contributed by atoms with Crippen LogP contribution in [0.5, 0.6) is 0 Å². The fourth-order valence-corrected chi connectivity index (χ4v) is 1.03. The molecule has 1 unspecified atom stereocenters. The van der Waals surface area contributed by atoms with E-state index >= 15 is 0 Å². The Morgan fingerprint density at radius 3 is 2.90 bits per heavy atom. The van der Waals surface area contributed by atoms with Gasteiger partial charge in [0.15, 0.2) is 0 Å². The Balaban J connectivity index is 2.57. The Hall–Kier alpha value is -0.0851. The fraction of sp³-hybridized carbons (Fsp3) is 1.00. The first kappa shape index (κ1) is 6.61. The lowest BCUT2D eigenvalue weighted by Crippen LogP contribution is -2.29. The molecular formula is C6H10BFO2. The third kappa shape index (κ3) is 1.18. The van der Waals surface area contributed by atoms with Crippen molar-refractivity contribution in [1.82, 2.24) is 0 Å². The van der Waals surface area contributed by atoms with Crippen LogP contribution in [0.4, 0.5) is 4.39 Å². The van der Waals surface area contributed by atoms with Gasteiger partial charge in [0.2, 0.25) is 0 Å². The summed E-state index contributed by atoms with van der Waals surface area (Å²) in [5, 5.41) is 0. The highest BCUT2D eigenvalue weighted by Gasteiger charge is 2.39. The number of hydrogen-bond donors (Lipinski definition) is 0. The summed E-state index contributed by atoms with van der Waals surface area (Å²) in [5.74, 6) is 0. The second kappa shape index (κ2) is 2.88. The molecule has 10 heavy (non-hydrogen) atoms. The number of hydrogen-bond acceptors (Lipinski definition) is 2. The van der Waals surface area contributed by atoms with Gasteiger partial charge in [-0.05, 0) is 6.90 Å². The van der Waals surface area contributed by atoms with Crippen molar-refractivity contribution in [2.24, 2.45) is 0 Å². The number of methoxy groups -OCH3 is 1. The van der Waals surface area contributed by atoms with Crippen molar-refractivity contribution in [2.75, 3.05) is 7.11 Å².